The number of rotatable bonds is 7. The van der Waals surface area contributed by atoms with E-state index >= 15 is 0 Å². The number of hydrogen-bond acceptors (Lipinski definition) is 6. The van der Waals surface area contributed by atoms with E-state index in [0.717, 1.165) is 18.4 Å². The fraction of sp³-hybridized carbons (Fsp3) is 0.350. The molecular weight excluding hydrogens is 380 g/mol. The number of amides is 1. The lowest BCUT2D eigenvalue weighted by molar-refractivity contribution is -0.134. The third kappa shape index (κ3) is 8.92. The topological polar surface area (TPSA) is 145 Å². The van der Waals surface area contributed by atoms with Gasteiger partial charge in [-0.25, -0.2) is 14.4 Å². The summed E-state index contributed by atoms with van der Waals surface area (Å²) < 4.78 is 5.19. The van der Waals surface area contributed by atoms with Crippen molar-refractivity contribution in [3.8, 4) is 18.1 Å². The van der Waals surface area contributed by atoms with Crippen LogP contribution < -0.4 is 15.4 Å². The molecule has 0 heterocycles. The summed E-state index contributed by atoms with van der Waals surface area (Å²) in [7, 11) is 0. The predicted octanol–water partition coefficient (Wildman–Crippen LogP) is 1.43. The number of carbonyl (C=O) groups is 3. The standard InChI is InChI=1S/C16H20N2O3.C4H4O4/c1-3-9-17-14-8-6-11-5-7-12(10-13(11)14)21-16(20)18-15(19)4-2;5-3(6)1-2-4(7)8/h1,5,7,10,14-15,17,19H,4,6,8-9H2,2H3,(H,18,20);1-2H,(H,5,6)(H,7,8). The Morgan fingerprint density at radius 3 is 2.52 bits per heavy atom. The molecule has 1 aliphatic carbocycles. The number of terminal acetylenes is 1. The third-order valence-electron chi connectivity index (χ3n) is 3.90. The number of carboxylic acid groups (broad SMARTS) is 2. The van der Waals surface area contributed by atoms with Crippen molar-refractivity contribution in [1.82, 2.24) is 10.6 Å². The summed E-state index contributed by atoms with van der Waals surface area (Å²) in [5.41, 5.74) is 2.36. The van der Waals surface area contributed by atoms with Gasteiger partial charge in [0.25, 0.3) is 0 Å². The maximum Gasteiger partial charge on any atom is 0.414 e. The van der Waals surface area contributed by atoms with Crippen molar-refractivity contribution in [1.29, 1.82) is 0 Å². The summed E-state index contributed by atoms with van der Waals surface area (Å²) >= 11 is 0. The van der Waals surface area contributed by atoms with E-state index < -0.39 is 24.3 Å². The largest absolute Gasteiger partial charge is 0.478 e. The molecule has 9 heteroatoms. The number of nitrogens with one attached hydrogen (secondary N) is 2. The second-order valence-electron chi connectivity index (χ2n) is 6.00. The lowest BCUT2D eigenvalue weighted by Gasteiger charge is -2.14. The second-order valence-corrected chi connectivity index (χ2v) is 6.00. The number of carbonyl (C=O) groups excluding carboxylic acids is 1. The molecule has 1 aromatic carbocycles. The van der Waals surface area contributed by atoms with Crippen LogP contribution in [0.1, 0.15) is 36.9 Å². The number of aryl methyl sites for hydroxylation is 1. The number of ether oxygens (including phenoxy) is 1. The van der Waals surface area contributed by atoms with Crippen molar-refractivity contribution in [2.45, 2.75) is 38.5 Å². The first-order valence-corrected chi connectivity index (χ1v) is 8.86. The molecule has 0 saturated heterocycles. The molecule has 2 unspecified atom stereocenters. The average molecular weight is 404 g/mol. The maximum atomic E-state index is 11.6. The zero-order valence-electron chi connectivity index (χ0n) is 15.9. The number of fused-ring (bicyclic) bond motifs is 1. The Morgan fingerprint density at radius 1 is 1.31 bits per heavy atom. The Kier molecular flexibility index (Phi) is 9.95. The molecular formula is C20H24N2O7. The average Bonchev–Trinajstić information content (AvgIpc) is 3.07. The van der Waals surface area contributed by atoms with Crippen LogP contribution in [0.15, 0.2) is 30.4 Å². The first kappa shape index (κ1) is 23.7. The van der Waals surface area contributed by atoms with Gasteiger partial charge in [-0.2, -0.15) is 0 Å². The highest BCUT2D eigenvalue weighted by Gasteiger charge is 2.22. The van der Waals surface area contributed by atoms with Gasteiger partial charge < -0.3 is 20.1 Å². The number of hydrogen-bond donors (Lipinski definition) is 5. The van der Waals surface area contributed by atoms with Crippen LogP contribution in [0.4, 0.5) is 4.79 Å². The van der Waals surface area contributed by atoms with Crippen LogP contribution in [0.3, 0.4) is 0 Å². The van der Waals surface area contributed by atoms with Crippen molar-refractivity contribution in [3.63, 3.8) is 0 Å². The van der Waals surface area contributed by atoms with Gasteiger partial charge in [0, 0.05) is 18.2 Å². The predicted molar refractivity (Wildman–Crippen MR) is 104 cm³/mol. The second kappa shape index (κ2) is 12.2. The lowest BCUT2D eigenvalue weighted by Crippen LogP contribution is -2.36. The van der Waals surface area contributed by atoms with Crippen LogP contribution in [-0.4, -0.2) is 46.1 Å². The van der Waals surface area contributed by atoms with E-state index in [1.807, 2.05) is 12.1 Å². The summed E-state index contributed by atoms with van der Waals surface area (Å²) in [6.07, 6.45) is 7.24. The summed E-state index contributed by atoms with van der Waals surface area (Å²) in [4.78, 5) is 30.7. The van der Waals surface area contributed by atoms with Gasteiger partial charge in [0.05, 0.1) is 6.54 Å². The van der Waals surface area contributed by atoms with E-state index in [1.54, 1.807) is 13.0 Å². The molecule has 0 saturated carbocycles. The molecule has 1 aliphatic rings. The normalized spacial score (nSPS) is 15.4. The van der Waals surface area contributed by atoms with Crippen LogP contribution >= 0.6 is 0 Å². The summed E-state index contributed by atoms with van der Waals surface area (Å²) in [6.45, 7) is 2.28. The lowest BCUT2D eigenvalue weighted by atomic mass is 10.1. The number of aliphatic hydroxyl groups is 1. The van der Waals surface area contributed by atoms with Crippen molar-refractivity contribution >= 4 is 18.0 Å². The minimum absolute atomic E-state index is 0.198. The van der Waals surface area contributed by atoms with Gasteiger partial charge in [0.2, 0.25) is 0 Å². The van der Waals surface area contributed by atoms with Gasteiger partial charge in [0.1, 0.15) is 12.0 Å². The minimum atomic E-state index is -1.26. The molecule has 1 amide bonds. The van der Waals surface area contributed by atoms with E-state index in [-0.39, 0.29) is 6.04 Å². The molecule has 0 aromatic heterocycles. The molecule has 0 fully saturated rings. The van der Waals surface area contributed by atoms with E-state index in [0.29, 0.717) is 30.9 Å². The number of carboxylic acids is 2. The molecule has 2 atom stereocenters. The van der Waals surface area contributed by atoms with Crippen LogP contribution in [0.25, 0.3) is 0 Å². The molecule has 0 spiro atoms. The monoisotopic (exact) mass is 404 g/mol. The molecule has 29 heavy (non-hydrogen) atoms. The van der Waals surface area contributed by atoms with E-state index in [4.69, 9.17) is 21.4 Å². The number of aliphatic carboxylic acids is 2. The quantitative estimate of drug-likeness (QED) is 0.261. The van der Waals surface area contributed by atoms with E-state index in [1.165, 1.54) is 5.56 Å². The van der Waals surface area contributed by atoms with Crippen molar-refractivity contribution in [3.05, 3.63) is 41.5 Å². The molecule has 0 bridgehead atoms. The molecule has 9 nitrogen and oxygen atoms in total. The van der Waals surface area contributed by atoms with Crippen molar-refractivity contribution < 1.29 is 34.4 Å². The zero-order chi connectivity index (χ0) is 21.8. The highest BCUT2D eigenvalue weighted by atomic mass is 16.6. The molecule has 0 radical (unpaired) electrons. The van der Waals surface area contributed by atoms with Crippen molar-refractivity contribution in [2.75, 3.05) is 6.54 Å². The van der Waals surface area contributed by atoms with Gasteiger partial charge in [-0.3, -0.25) is 10.6 Å². The van der Waals surface area contributed by atoms with Crippen molar-refractivity contribution in [2.24, 2.45) is 0 Å². The van der Waals surface area contributed by atoms with Gasteiger partial charge in [-0.15, -0.1) is 6.42 Å². The molecule has 0 aliphatic heterocycles. The Morgan fingerprint density at radius 2 is 1.97 bits per heavy atom. The Bertz CT molecular complexity index is 783. The smallest absolute Gasteiger partial charge is 0.414 e. The first-order chi connectivity index (χ1) is 13.8. The highest BCUT2D eigenvalue weighted by molar-refractivity contribution is 5.89. The molecule has 2 rings (SSSR count). The number of aliphatic hydroxyl groups excluding tert-OH is 1. The van der Waals surface area contributed by atoms with Gasteiger partial charge in [0.15, 0.2) is 0 Å². The first-order valence-electron chi connectivity index (χ1n) is 8.86. The van der Waals surface area contributed by atoms with Crippen LogP contribution in [0.5, 0.6) is 5.75 Å². The summed E-state index contributed by atoms with van der Waals surface area (Å²) in [5.74, 6) is 0.514. The van der Waals surface area contributed by atoms with E-state index in [9.17, 15) is 19.5 Å². The summed E-state index contributed by atoms with van der Waals surface area (Å²) in [6, 6.07) is 5.78. The van der Waals surface area contributed by atoms with Gasteiger partial charge in [-0.1, -0.05) is 18.9 Å². The zero-order valence-corrected chi connectivity index (χ0v) is 15.9. The maximum absolute atomic E-state index is 11.6. The number of benzene rings is 1. The minimum Gasteiger partial charge on any atom is -0.478 e. The van der Waals surface area contributed by atoms with Crippen LogP contribution in [-0.2, 0) is 16.0 Å². The van der Waals surface area contributed by atoms with E-state index in [2.05, 4.69) is 16.6 Å². The SMILES string of the molecule is C#CCNC1CCc2ccc(OC(=O)NC(O)CC)cc21.O=C(O)C=CC(=O)O. The third-order valence-corrected chi connectivity index (χ3v) is 3.90. The van der Waals surface area contributed by atoms with Crippen LogP contribution in [0.2, 0.25) is 0 Å². The molecule has 5 N–H and O–H groups in total. The Hall–Kier alpha value is -3.35. The highest BCUT2D eigenvalue weighted by Crippen LogP contribution is 2.33. The summed E-state index contributed by atoms with van der Waals surface area (Å²) in [5, 5.41) is 30.6. The fourth-order valence-corrected chi connectivity index (χ4v) is 2.56. The molecule has 156 valence electrons. The van der Waals surface area contributed by atoms with Gasteiger partial charge >= 0.3 is 18.0 Å². The Balaban J connectivity index is 0.000000447. The fourth-order valence-electron chi connectivity index (χ4n) is 2.56. The van der Waals surface area contributed by atoms with Crippen LogP contribution in [0, 0.1) is 12.3 Å². The van der Waals surface area contributed by atoms with Gasteiger partial charge in [-0.05, 0) is 42.5 Å². The Labute approximate surface area is 168 Å². The molecule has 1 aromatic rings.